The number of carbonyl (C=O) groups is 1. The Kier molecular flexibility index (Phi) is 5.84. The molecule has 7 nitrogen and oxygen atoms in total. The number of sulfonamides is 1. The Morgan fingerprint density at radius 1 is 1.06 bits per heavy atom. The van der Waals surface area contributed by atoms with Gasteiger partial charge in [-0.3, -0.25) is 13.9 Å². The van der Waals surface area contributed by atoms with Crippen molar-refractivity contribution >= 4 is 38.9 Å². The van der Waals surface area contributed by atoms with E-state index in [-0.39, 0.29) is 17.9 Å². The van der Waals surface area contributed by atoms with Gasteiger partial charge in [-0.2, -0.15) is 0 Å². The minimum Gasteiger partial charge on any atom is -0.322 e. The van der Waals surface area contributed by atoms with E-state index in [1.165, 1.54) is 27.2 Å². The van der Waals surface area contributed by atoms with Crippen LogP contribution in [0.2, 0.25) is 5.02 Å². The van der Waals surface area contributed by atoms with Crippen LogP contribution in [0.1, 0.15) is 22.3 Å². The summed E-state index contributed by atoms with van der Waals surface area (Å²) in [7, 11) is -3.31. The summed E-state index contributed by atoms with van der Waals surface area (Å²) in [4.78, 5) is 25.0. The largest absolute Gasteiger partial charge is 0.322 e. The quantitative estimate of drug-likeness (QED) is 0.636. The topological polar surface area (TPSA) is 88.5 Å². The Hall–Kier alpha value is -3.10. The van der Waals surface area contributed by atoms with Crippen molar-refractivity contribution in [3.63, 3.8) is 0 Å². The number of amides is 1. The van der Waals surface area contributed by atoms with Gasteiger partial charge < -0.3 is 9.88 Å². The summed E-state index contributed by atoms with van der Waals surface area (Å²) >= 11 is 6.18. The third kappa shape index (κ3) is 4.65. The maximum absolute atomic E-state index is 12.8. The lowest BCUT2D eigenvalue weighted by molar-refractivity contribution is 0.102. The van der Waals surface area contributed by atoms with Crippen molar-refractivity contribution in [1.29, 1.82) is 0 Å². The number of anilines is 2. The fourth-order valence-corrected chi connectivity index (χ4v) is 5.22. The summed E-state index contributed by atoms with van der Waals surface area (Å²) in [5.41, 5.74) is 1.79. The van der Waals surface area contributed by atoms with Gasteiger partial charge in [0, 0.05) is 29.5 Å². The molecule has 1 fully saturated rings. The van der Waals surface area contributed by atoms with Crippen molar-refractivity contribution in [2.24, 2.45) is 0 Å². The van der Waals surface area contributed by atoms with Crippen molar-refractivity contribution in [2.45, 2.75) is 13.0 Å². The molecule has 1 amide bonds. The number of benzene rings is 2. The standard InChI is InChI=1S/C22H20ClN3O4S/c23-20-8-2-1-5-16(20)14-25-15-17(9-10-21(25)27)22(28)24-18-6-3-7-19(13-18)26-11-4-12-31(26,29)30/h1-3,5-10,13,15H,4,11-12,14H2,(H,24,28). The number of nitrogens with zero attached hydrogens (tertiary/aromatic N) is 2. The van der Waals surface area contributed by atoms with Crippen LogP contribution in [0.4, 0.5) is 11.4 Å². The summed E-state index contributed by atoms with van der Waals surface area (Å²) in [6.07, 6.45) is 2.06. The average Bonchev–Trinajstić information content (AvgIpc) is 3.10. The van der Waals surface area contributed by atoms with E-state index in [9.17, 15) is 18.0 Å². The van der Waals surface area contributed by atoms with E-state index in [1.54, 1.807) is 36.4 Å². The van der Waals surface area contributed by atoms with Crippen molar-refractivity contribution < 1.29 is 13.2 Å². The van der Waals surface area contributed by atoms with Crippen LogP contribution >= 0.6 is 11.6 Å². The second kappa shape index (κ2) is 8.56. The molecular formula is C22H20ClN3O4S. The fourth-order valence-electron chi connectivity index (χ4n) is 3.47. The molecule has 9 heteroatoms. The molecule has 1 aliphatic heterocycles. The second-order valence-corrected chi connectivity index (χ2v) is 9.64. The molecular weight excluding hydrogens is 438 g/mol. The first-order valence-electron chi connectivity index (χ1n) is 9.69. The van der Waals surface area contributed by atoms with Gasteiger partial charge in [-0.25, -0.2) is 8.42 Å². The second-order valence-electron chi connectivity index (χ2n) is 7.22. The lowest BCUT2D eigenvalue weighted by atomic mass is 10.2. The molecule has 31 heavy (non-hydrogen) atoms. The van der Waals surface area contributed by atoms with Gasteiger partial charge in [0.2, 0.25) is 10.0 Å². The van der Waals surface area contributed by atoms with E-state index < -0.39 is 15.9 Å². The molecule has 160 valence electrons. The van der Waals surface area contributed by atoms with Gasteiger partial charge in [0.15, 0.2) is 0 Å². The lowest BCUT2D eigenvalue weighted by Gasteiger charge is -2.18. The number of nitrogens with one attached hydrogen (secondary N) is 1. The molecule has 2 heterocycles. The SMILES string of the molecule is O=C(Nc1cccc(N2CCCS2(=O)=O)c1)c1ccc(=O)n(Cc2ccccc2Cl)c1. The normalized spacial score (nSPS) is 15.1. The van der Waals surface area contributed by atoms with Crippen LogP contribution in [0.25, 0.3) is 0 Å². The van der Waals surface area contributed by atoms with Crippen molar-refractivity contribution in [2.75, 3.05) is 21.9 Å². The summed E-state index contributed by atoms with van der Waals surface area (Å²) in [6.45, 7) is 0.661. The van der Waals surface area contributed by atoms with E-state index in [2.05, 4.69) is 5.32 Å². The van der Waals surface area contributed by atoms with Crippen LogP contribution in [-0.2, 0) is 16.6 Å². The molecule has 0 bridgehead atoms. The van der Waals surface area contributed by atoms with Crippen LogP contribution in [-0.4, -0.2) is 31.2 Å². The highest BCUT2D eigenvalue weighted by Crippen LogP contribution is 2.26. The Balaban J connectivity index is 1.55. The molecule has 0 atom stereocenters. The summed E-state index contributed by atoms with van der Waals surface area (Å²) in [6, 6.07) is 16.7. The number of hydrogen-bond acceptors (Lipinski definition) is 4. The predicted molar refractivity (Wildman–Crippen MR) is 121 cm³/mol. The first kappa shape index (κ1) is 21.1. The van der Waals surface area contributed by atoms with Gasteiger partial charge in [0.1, 0.15) is 0 Å². The Bertz CT molecular complexity index is 1300. The van der Waals surface area contributed by atoms with E-state index in [1.807, 2.05) is 12.1 Å². The van der Waals surface area contributed by atoms with Crippen molar-refractivity contribution in [3.05, 3.63) is 93.4 Å². The zero-order chi connectivity index (χ0) is 22.0. The predicted octanol–water partition coefficient (Wildman–Crippen LogP) is 3.34. The Labute approximate surface area is 184 Å². The van der Waals surface area contributed by atoms with Gasteiger partial charge in [-0.15, -0.1) is 0 Å². The van der Waals surface area contributed by atoms with Gasteiger partial charge in [0.05, 0.1) is 23.5 Å². The van der Waals surface area contributed by atoms with Gasteiger partial charge in [-0.05, 0) is 42.3 Å². The van der Waals surface area contributed by atoms with Gasteiger partial charge in [-0.1, -0.05) is 35.9 Å². The molecule has 0 unspecified atom stereocenters. The summed E-state index contributed by atoms with van der Waals surface area (Å²) < 4.78 is 27.1. The Morgan fingerprint density at radius 2 is 1.87 bits per heavy atom. The van der Waals surface area contributed by atoms with Crippen LogP contribution in [0.15, 0.2) is 71.7 Å². The van der Waals surface area contributed by atoms with Crippen LogP contribution in [0.5, 0.6) is 0 Å². The molecule has 3 aromatic rings. The average molecular weight is 458 g/mol. The number of aromatic nitrogens is 1. The zero-order valence-electron chi connectivity index (χ0n) is 16.5. The minimum absolute atomic E-state index is 0.122. The highest BCUT2D eigenvalue weighted by atomic mass is 35.5. The molecule has 4 rings (SSSR count). The monoisotopic (exact) mass is 457 g/mol. The maximum Gasteiger partial charge on any atom is 0.257 e. The Morgan fingerprint density at radius 3 is 2.61 bits per heavy atom. The van der Waals surface area contributed by atoms with Gasteiger partial charge >= 0.3 is 0 Å². The van der Waals surface area contributed by atoms with Gasteiger partial charge in [0.25, 0.3) is 11.5 Å². The lowest BCUT2D eigenvalue weighted by Crippen LogP contribution is -2.25. The van der Waals surface area contributed by atoms with E-state index in [4.69, 9.17) is 11.6 Å². The van der Waals surface area contributed by atoms with E-state index >= 15 is 0 Å². The molecule has 1 N–H and O–H groups in total. The summed E-state index contributed by atoms with van der Waals surface area (Å²) in [5.74, 6) is -0.286. The zero-order valence-corrected chi connectivity index (χ0v) is 18.1. The first-order chi connectivity index (χ1) is 14.8. The molecule has 1 aliphatic rings. The molecule has 0 saturated carbocycles. The maximum atomic E-state index is 12.8. The fraction of sp³-hybridized carbons (Fsp3) is 0.182. The number of halogens is 1. The highest BCUT2D eigenvalue weighted by molar-refractivity contribution is 7.93. The van der Waals surface area contributed by atoms with E-state index in [0.717, 1.165) is 5.56 Å². The number of pyridine rings is 1. The van der Waals surface area contributed by atoms with Crippen LogP contribution in [0, 0.1) is 0 Å². The smallest absolute Gasteiger partial charge is 0.257 e. The number of carbonyl (C=O) groups excluding carboxylic acids is 1. The van der Waals surface area contributed by atoms with Crippen molar-refractivity contribution in [1.82, 2.24) is 4.57 Å². The highest BCUT2D eigenvalue weighted by Gasteiger charge is 2.28. The molecule has 0 spiro atoms. The molecule has 1 saturated heterocycles. The van der Waals surface area contributed by atoms with E-state index in [0.29, 0.717) is 34.9 Å². The summed E-state index contributed by atoms with van der Waals surface area (Å²) in [5, 5.41) is 3.31. The first-order valence-corrected chi connectivity index (χ1v) is 11.7. The van der Waals surface area contributed by atoms with Crippen molar-refractivity contribution in [3.8, 4) is 0 Å². The minimum atomic E-state index is -3.31. The molecule has 1 aromatic heterocycles. The molecule has 0 aliphatic carbocycles. The number of hydrogen-bond donors (Lipinski definition) is 1. The number of rotatable bonds is 5. The molecule has 0 radical (unpaired) electrons. The third-order valence-electron chi connectivity index (χ3n) is 5.04. The third-order valence-corrected chi connectivity index (χ3v) is 7.27. The molecule has 2 aromatic carbocycles. The van der Waals surface area contributed by atoms with Crippen LogP contribution in [0.3, 0.4) is 0 Å². The van der Waals surface area contributed by atoms with Crippen LogP contribution < -0.4 is 15.2 Å².